The number of benzene rings is 1. The van der Waals surface area contributed by atoms with Gasteiger partial charge < -0.3 is 5.32 Å². The highest BCUT2D eigenvalue weighted by Crippen LogP contribution is 2.26. The van der Waals surface area contributed by atoms with Crippen molar-refractivity contribution in [1.82, 2.24) is 5.32 Å². The number of nitrogens with one attached hydrogen (secondary N) is 1. The van der Waals surface area contributed by atoms with E-state index in [4.69, 9.17) is 0 Å². The number of halogens is 1. The summed E-state index contributed by atoms with van der Waals surface area (Å²) in [7, 11) is 0. The van der Waals surface area contributed by atoms with E-state index in [9.17, 15) is 0 Å². The Morgan fingerprint density at radius 2 is 1.86 bits per heavy atom. The third-order valence-corrected chi connectivity index (χ3v) is 3.81. The van der Waals surface area contributed by atoms with E-state index in [1.807, 2.05) is 0 Å². The van der Waals surface area contributed by atoms with Crippen LogP contribution in [0.15, 0.2) is 10.5 Å². The van der Waals surface area contributed by atoms with Crippen molar-refractivity contribution in [3.8, 4) is 0 Å². The lowest BCUT2D eigenvalue weighted by Crippen LogP contribution is -2.14. The van der Waals surface area contributed by atoms with E-state index in [1.54, 1.807) is 0 Å². The van der Waals surface area contributed by atoms with Crippen molar-refractivity contribution in [2.45, 2.75) is 34.2 Å². The Hall–Kier alpha value is -0.340. The first-order chi connectivity index (χ1) is 6.57. The van der Waals surface area contributed by atoms with Crippen LogP contribution < -0.4 is 5.32 Å². The molecule has 1 nitrogen and oxygen atoms in total. The molecule has 1 aromatic rings. The fourth-order valence-corrected chi connectivity index (χ4v) is 2.07. The van der Waals surface area contributed by atoms with Gasteiger partial charge in [-0.25, -0.2) is 0 Å². The summed E-state index contributed by atoms with van der Waals surface area (Å²) in [6.45, 7) is 10.6. The summed E-state index contributed by atoms with van der Waals surface area (Å²) >= 11 is 3.63. The molecule has 0 aliphatic carbocycles. The van der Waals surface area contributed by atoms with Crippen LogP contribution in [0.5, 0.6) is 0 Å². The van der Waals surface area contributed by atoms with Crippen molar-refractivity contribution < 1.29 is 0 Å². The molecule has 0 saturated heterocycles. The topological polar surface area (TPSA) is 12.0 Å². The first-order valence-corrected chi connectivity index (χ1v) is 5.83. The van der Waals surface area contributed by atoms with Crippen LogP contribution in [-0.4, -0.2) is 6.54 Å². The maximum atomic E-state index is 3.63. The van der Waals surface area contributed by atoms with Crippen molar-refractivity contribution in [1.29, 1.82) is 0 Å². The Kier molecular flexibility index (Phi) is 4.14. The average molecular weight is 256 g/mol. The lowest BCUT2D eigenvalue weighted by Gasteiger charge is -2.14. The lowest BCUT2D eigenvalue weighted by molar-refractivity contribution is 0.719. The molecule has 1 N–H and O–H groups in total. The SMILES string of the molecule is CCNCc1c(C)cc(C)c(Br)c1C. The Morgan fingerprint density at radius 3 is 2.43 bits per heavy atom. The molecule has 0 bridgehead atoms. The van der Waals surface area contributed by atoms with Gasteiger partial charge in [0.15, 0.2) is 0 Å². The minimum absolute atomic E-state index is 0.965. The lowest BCUT2D eigenvalue weighted by atomic mass is 10.00. The maximum Gasteiger partial charge on any atom is 0.0237 e. The summed E-state index contributed by atoms with van der Waals surface area (Å²) in [5, 5.41) is 3.37. The molecular formula is C12H18BrN. The molecule has 0 heterocycles. The van der Waals surface area contributed by atoms with Crippen LogP contribution in [-0.2, 0) is 6.54 Å². The number of rotatable bonds is 3. The Morgan fingerprint density at radius 1 is 1.21 bits per heavy atom. The minimum Gasteiger partial charge on any atom is -0.313 e. The molecule has 0 amide bonds. The highest BCUT2D eigenvalue weighted by Gasteiger charge is 2.07. The third-order valence-electron chi connectivity index (χ3n) is 2.59. The summed E-state index contributed by atoms with van der Waals surface area (Å²) in [6.07, 6.45) is 0. The van der Waals surface area contributed by atoms with Gasteiger partial charge >= 0.3 is 0 Å². The normalized spacial score (nSPS) is 10.6. The van der Waals surface area contributed by atoms with E-state index in [0.717, 1.165) is 13.1 Å². The van der Waals surface area contributed by atoms with Crippen molar-refractivity contribution in [2.75, 3.05) is 6.54 Å². The van der Waals surface area contributed by atoms with Gasteiger partial charge in [0.1, 0.15) is 0 Å². The van der Waals surface area contributed by atoms with Crippen molar-refractivity contribution >= 4 is 15.9 Å². The van der Waals surface area contributed by atoms with Crippen LogP contribution in [0.4, 0.5) is 0 Å². The van der Waals surface area contributed by atoms with Crippen LogP contribution in [0.25, 0.3) is 0 Å². The molecule has 0 saturated carbocycles. The van der Waals surface area contributed by atoms with Crippen LogP contribution in [0.1, 0.15) is 29.2 Å². The fraction of sp³-hybridized carbons (Fsp3) is 0.500. The molecule has 2 heteroatoms. The van der Waals surface area contributed by atoms with E-state index in [-0.39, 0.29) is 0 Å². The summed E-state index contributed by atoms with van der Waals surface area (Å²) < 4.78 is 1.25. The molecule has 0 unspecified atom stereocenters. The molecular weight excluding hydrogens is 238 g/mol. The van der Waals surface area contributed by atoms with E-state index >= 15 is 0 Å². The number of hydrogen-bond donors (Lipinski definition) is 1. The van der Waals surface area contributed by atoms with E-state index in [2.05, 4.69) is 55.0 Å². The largest absolute Gasteiger partial charge is 0.313 e. The summed E-state index contributed by atoms with van der Waals surface area (Å²) in [5.74, 6) is 0. The number of aryl methyl sites for hydroxylation is 2. The molecule has 0 radical (unpaired) electrons. The van der Waals surface area contributed by atoms with Gasteiger partial charge in [-0.2, -0.15) is 0 Å². The molecule has 1 rings (SSSR count). The Balaban J connectivity index is 3.09. The standard InChI is InChI=1S/C12H18BrN/c1-5-14-7-11-8(2)6-9(3)12(13)10(11)4/h6,14H,5,7H2,1-4H3. The highest BCUT2D eigenvalue weighted by atomic mass is 79.9. The van der Waals surface area contributed by atoms with Crippen LogP contribution in [0.3, 0.4) is 0 Å². The zero-order valence-corrected chi connectivity index (χ0v) is 11.0. The summed E-state index contributed by atoms with van der Waals surface area (Å²) in [4.78, 5) is 0. The van der Waals surface area contributed by atoms with Crippen molar-refractivity contribution in [3.63, 3.8) is 0 Å². The van der Waals surface area contributed by atoms with Gasteiger partial charge in [-0.1, -0.05) is 28.9 Å². The molecule has 0 fully saturated rings. The zero-order chi connectivity index (χ0) is 10.7. The monoisotopic (exact) mass is 255 g/mol. The van der Waals surface area contributed by atoms with Crippen LogP contribution in [0.2, 0.25) is 0 Å². The molecule has 0 spiro atoms. The second kappa shape index (κ2) is 4.94. The average Bonchev–Trinajstić information content (AvgIpc) is 2.14. The Labute approximate surface area is 95.0 Å². The molecule has 0 aromatic heterocycles. The highest BCUT2D eigenvalue weighted by molar-refractivity contribution is 9.10. The number of hydrogen-bond acceptors (Lipinski definition) is 1. The molecule has 78 valence electrons. The van der Waals surface area contributed by atoms with Gasteiger partial charge in [-0.05, 0) is 49.6 Å². The van der Waals surface area contributed by atoms with Gasteiger partial charge in [0.2, 0.25) is 0 Å². The smallest absolute Gasteiger partial charge is 0.0237 e. The molecule has 14 heavy (non-hydrogen) atoms. The van der Waals surface area contributed by atoms with Gasteiger partial charge in [-0.3, -0.25) is 0 Å². The van der Waals surface area contributed by atoms with Gasteiger partial charge in [0, 0.05) is 11.0 Å². The quantitative estimate of drug-likeness (QED) is 0.873. The predicted octanol–water partition coefficient (Wildman–Crippen LogP) is 3.48. The first-order valence-electron chi connectivity index (χ1n) is 5.03. The van der Waals surface area contributed by atoms with E-state index < -0.39 is 0 Å². The van der Waals surface area contributed by atoms with Crippen LogP contribution in [0, 0.1) is 20.8 Å². The van der Waals surface area contributed by atoms with Crippen molar-refractivity contribution in [3.05, 3.63) is 32.8 Å². The molecule has 0 aliphatic heterocycles. The second-order valence-electron chi connectivity index (χ2n) is 3.71. The van der Waals surface area contributed by atoms with E-state index in [1.165, 1.54) is 26.7 Å². The molecule has 0 atom stereocenters. The Bertz CT molecular complexity index is 332. The molecule has 1 aromatic carbocycles. The third kappa shape index (κ3) is 2.37. The summed E-state index contributed by atoms with van der Waals surface area (Å²) in [6, 6.07) is 2.24. The summed E-state index contributed by atoms with van der Waals surface area (Å²) in [5.41, 5.74) is 5.48. The fourth-order valence-electron chi connectivity index (χ4n) is 1.72. The first kappa shape index (κ1) is 11.7. The second-order valence-corrected chi connectivity index (χ2v) is 4.50. The van der Waals surface area contributed by atoms with Gasteiger partial charge in [0.05, 0.1) is 0 Å². The minimum atomic E-state index is 0.965. The zero-order valence-electron chi connectivity index (χ0n) is 9.37. The van der Waals surface area contributed by atoms with Gasteiger partial charge in [0.25, 0.3) is 0 Å². The van der Waals surface area contributed by atoms with Crippen molar-refractivity contribution in [2.24, 2.45) is 0 Å². The molecule has 0 aliphatic rings. The van der Waals surface area contributed by atoms with Crippen LogP contribution >= 0.6 is 15.9 Å². The van der Waals surface area contributed by atoms with Gasteiger partial charge in [-0.15, -0.1) is 0 Å². The predicted molar refractivity (Wildman–Crippen MR) is 65.7 cm³/mol. The maximum absolute atomic E-state index is 3.63. The van der Waals surface area contributed by atoms with E-state index in [0.29, 0.717) is 0 Å².